The van der Waals surface area contributed by atoms with Crippen LogP contribution in [0.3, 0.4) is 0 Å². The highest BCUT2D eigenvalue weighted by molar-refractivity contribution is 6.09. The summed E-state index contributed by atoms with van der Waals surface area (Å²) in [7, 11) is 3.90. The van der Waals surface area contributed by atoms with Gasteiger partial charge in [0.05, 0.1) is 4.11 Å². The summed E-state index contributed by atoms with van der Waals surface area (Å²) in [6, 6.07) is 29.8. The number of carbonyl (C=O) groups is 12. The molecule has 11 N–H and O–H groups in total. The maximum absolute atomic E-state index is 14.4. The van der Waals surface area contributed by atoms with Crippen LogP contribution < -0.4 is 47.3 Å². The number of anilines is 4. The van der Waals surface area contributed by atoms with Crippen LogP contribution in [0.15, 0.2) is 146 Å². The third-order valence-corrected chi connectivity index (χ3v) is 20.6. The number of phenols is 3. The highest BCUT2D eigenvalue weighted by Gasteiger charge is 2.44. The zero-order valence-electron chi connectivity index (χ0n) is 66.1. The second-order valence-corrected chi connectivity index (χ2v) is 28.5. The number of nitrogens with one attached hydrogen (secondary N) is 8. The van der Waals surface area contributed by atoms with Crippen molar-refractivity contribution >= 4 is 93.6 Å². The van der Waals surface area contributed by atoms with Crippen molar-refractivity contribution in [3.05, 3.63) is 236 Å². The predicted octanol–water partition coefficient (Wildman–Crippen LogP) is 7.85. The molecule has 29 nitrogen and oxygen atoms in total. The number of piperidine rings is 4. The summed E-state index contributed by atoms with van der Waals surface area (Å²) >= 11 is 0. The molecule has 4 atom stereocenters. The summed E-state index contributed by atoms with van der Waals surface area (Å²) in [6.45, 7) is 1.99. The van der Waals surface area contributed by atoms with Gasteiger partial charge in [-0.05, 0) is 161 Å². The average Bonchev–Trinajstić information content (AvgIpc) is 1.65. The molecule has 4 fully saturated rings. The summed E-state index contributed by atoms with van der Waals surface area (Å²) in [6.07, 6.45) is 0.233. The molecule has 8 aromatic carbocycles. The van der Waals surface area contributed by atoms with Crippen molar-refractivity contribution in [1.82, 2.24) is 45.8 Å². The number of rotatable bonds is 20. The Balaban J connectivity index is 0.000000138. The number of halogens is 4. The summed E-state index contributed by atoms with van der Waals surface area (Å²) in [4.78, 5) is 153. The van der Waals surface area contributed by atoms with Gasteiger partial charge in [0.1, 0.15) is 77.0 Å². The summed E-state index contributed by atoms with van der Waals surface area (Å²) < 4.78 is 87.5. The van der Waals surface area contributed by atoms with Gasteiger partial charge in [-0.1, -0.05) is 24.3 Å². The lowest BCUT2D eigenvalue weighted by Gasteiger charge is -2.29. The molecule has 0 spiro atoms. The van der Waals surface area contributed by atoms with Crippen LogP contribution in [0.1, 0.15) is 141 Å². The molecule has 33 heteroatoms. The minimum Gasteiger partial charge on any atom is -0.508 e. The molecule has 8 aromatic rings. The summed E-state index contributed by atoms with van der Waals surface area (Å²) in [5, 5.41) is 49.7. The summed E-state index contributed by atoms with van der Waals surface area (Å²) in [5.74, 6) is -7.60. The second-order valence-electron chi connectivity index (χ2n) is 28.5. The maximum Gasteiger partial charge on any atom is 0.255 e. The molecule has 8 aliphatic rings. The van der Waals surface area contributed by atoms with E-state index in [1.807, 2.05) is 25.1 Å². The van der Waals surface area contributed by atoms with E-state index < -0.39 is 101 Å². The number of ether oxygens (including phenoxy) is 1. The van der Waals surface area contributed by atoms with Gasteiger partial charge in [0.25, 0.3) is 23.6 Å². The normalized spacial score (nSPS) is 20.8. The van der Waals surface area contributed by atoms with E-state index in [0.29, 0.717) is 86.0 Å². The third kappa shape index (κ3) is 18.4. The minimum atomic E-state index is -1.86. The lowest BCUT2D eigenvalue weighted by molar-refractivity contribution is -0.138. The molecular weight excluding hydrogens is 1520 g/mol. The Hall–Kier alpha value is -13.7. The van der Waals surface area contributed by atoms with E-state index in [4.69, 9.17) is 8.85 Å². The highest BCUT2D eigenvalue weighted by Crippen LogP contribution is 2.38. The number of fused-ring (bicyclic) bond motifs is 4. The standard InChI is InChI=1S/C24H27FN4O4.3C20H18FN3O4/c1-28(2)10-11-33-16-6-7-19(25)15(12-16)13-26-20-5-3-4-17-18(20)14-29(24(17)32)21-8-9-22(30)27-23(21)31;3*21-15-5-4-12(25)8-11(15)9-22-16-3-1-2-13-14(16)10-24(20(13)28)17-6-7-18(26)23-19(17)27/h3-7,12,21,26H,8-11,13-14H2,1-2H3,(H,27,30,31);3*1-5,8,17,22,25H,6-7,9-10H2,(H,23,26,27)/t21-;2*17-;/m110./s1/i;3*17D. The number of hydrogen-bond donors (Lipinski definition) is 11. The van der Waals surface area contributed by atoms with Crippen LogP contribution in [0.5, 0.6) is 23.0 Å². The van der Waals surface area contributed by atoms with E-state index in [9.17, 15) is 90.4 Å². The van der Waals surface area contributed by atoms with Crippen LogP contribution in [0, 0.1) is 23.3 Å². The molecule has 1 unspecified atom stereocenters. The van der Waals surface area contributed by atoms with Crippen LogP contribution in [0.2, 0.25) is 0 Å². The van der Waals surface area contributed by atoms with Gasteiger partial charge in [-0.25, -0.2) is 17.6 Å². The fourth-order valence-electron chi connectivity index (χ4n) is 14.5. The molecule has 0 aliphatic carbocycles. The van der Waals surface area contributed by atoms with E-state index in [0.717, 1.165) is 26.8 Å². The largest absolute Gasteiger partial charge is 0.508 e. The fourth-order valence-corrected chi connectivity index (χ4v) is 14.5. The molecule has 0 aromatic heterocycles. The van der Waals surface area contributed by atoms with Crippen molar-refractivity contribution in [3.8, 4) is 23.0 Å². The van der Waals surface area contributed by atoms with Crippen LogP contribution in [0.25, 0.3) is 0 Å². The Labute approximate surface area is 670 Å². The molecule has 12 amide bonds. The minimum absolute atomic E-state index is 0.0166. The number of nitrogens with zero attached hydrogens (tertiary/aromatic N) is 5. The molecule has 4 saturated heterocycles. The van der Waals surface area contributed by atoms with Gasteiger partial charge in [-0.2, -0.15) is 0 Å². The number of benzene rings is 8. The quantitative estimate of drug-likeness (QED) is 0.0255. The molecule has 8 heterocycles. The van der Waals surface area contributed by atoms with Gasteiger partial charge in [0.15, 0.2) is 0 Å². The predicted molar refractivity (Wildman–Crippen MR) is 414 cm³/mol. The first-order chi connectivity index (χ1) is 57.2. The van der Waals surface area contributed by atoms with Crippen molar-refractivity contribution in [2.45, 2.75) is 128 Å². The molecular formula is C84H81F4N13O16. The Kier molecular flexibility index (Phi) is 23.3. The fraction of sp³-hybridized carbons (Fsp3) is 0.286. The zero-order chi connectivity index (χ0) is 85.8. The third-order valence-electron chi connectivity index (χ3n) is 20.6. The van der Waals surface area contributed by atoms with Gasteiger partial charge >= 0.3 is 0 Å². The van der Waals surface area contributed by atoms with E-state index in [1.165, 1.54) is 65.6 Å². The van der Waals surface area contributed by atoms with Crippen molar-refractivity contribution in [2.24, 2.45) is 0 Å². The number of aromatic hydroxyl groups is 3. The SMILES string of the molecule is CN(C)CCOc1ccc(F)c(CNc2cccc3c2CN([C@@H]2CCC(=O)NC2=O)C3=O)c1.[2H]C1(N2Cc3c(NCc4cc(O)ccc4F)cccc3C2=O)CCC(=O)NC1=O.[2H][C@@]1(N2Cc3c(NCc4cc(O)ccc4F)cccc3C2=O)CCC(=O)NC1=O.[2H][C@]1(N2Cc3c(NCc4cc(O)ccc4F)cccc3C2=O)CCC(=O)NC1=O. The van der Waals surface area contributed by atoms with Crippen LogP contribution in [0.4, 0.5) is 40.3 Å². The molecule has 0 radical (unpaired) electrons. The summed E-state index contributed by atoms with van der Waals surface area (Å²) in [5.41, 5.74) is 7.70. The van der Waals surface area contributed by atoms with Crippen LogP contribution in [-0.4, -0.2) is 162 Å². The van der Waals surface area contributed by atoms with Crippen molar-refractivity contribution in [1.29, 1.82) is 0 Å². The lowest BCUT2D eigenvalue weighted by Crippen LogP contribution is -2.52. The van der Waals surface area contributed by atoms with Crippen LogP contribution >= 0.6 is 0 Å². The van der Waals surface area contributed by atoms with Gasteiger partial charge < -0.3 is 65.8 Å². The maximum atomic E-state index is 14.4. The topological polar surface area (TPSA) is 387 Å². The van der Waals surface area contributed by atoms with Gasteiger partial charge in [0, 0.05) is 174 Å². The van der Waals surface area contributed by atoms with E-state index in [2.05, 4.69) is 42.5 Å². The molecule has 0 bridgehead atoms. The monoisotopic (exact) mass is 1610 g/mol. The Morgan fingerprint density at radius 3 is 1.00 bits per heavy atom. The smallest absolute Gasteiger partial charge is 0.255 e. The number of carbonyl (C=O) groups excluding carboxylic acids is 12. The Bertz CT molecular complexity index is 5160. The molecule has 117 heavy (non-hydrogen) atoms. The number of amides is 12. The highest BCUT2D eigenvalue weighted by atomic mass is 19.1. The second kappa shape index (κ2) is 35.3. The van der Waals surface area contributed by atoms with Gasteiger partial charge in [-0.15, -0.1) is 0 Å². The van der Waals surface area contributed by atoms with Gasteiger partial charge in [-0.3, -0.25) is 78.8 Å². The number of likely N-dealkylation sites (N-methyl/N-ethyl adjacent to an activating group) is 1. The average molecular weight is 1610 g/mol. The number of hydrogen-bond acceptors (Lipinski definition) is 21. The van der Waals surface area contributed by atoms with Crippen molar-refractivity contribution in [3.63, 3.8) is 0 Å². The van der Waals surface area contributed by atoms with Crippen molar-refractivity contribution < 1.29 is 99.3 Å². The zero-order valence-corrected chi connectivity index (χ0v) is 63.1. The molecule has 0 saturated carbocycles. The first-order valence-electron chi connectivity index (χ1n) is 38.8. The lowest BCUT2D eigenvalue weighted by atomic mass is 10.0. The molecule has 16 rings (SSSR count). The number of phenolic OH excluding ortho intramolecular Hbond substituents is 3. The van der Waals surface area contributed by atoms with Gasteiger partial charge in [0.2, 0.25) is 47.3 Å². The van der Waals surface area contributed by atoms with E-state index >= 15 is 0 Å². The number of imide groups is 4. The van der Waals surface area contributed by atoms with Crippen LogP contribution in [-0.2, 0) is 90.7 Å². The first kappa shape index (κ1) is 77.2. The van der Waals surface area contributed by atoms with E-state index in [1.54, 1.807) is 78.9 Å². The first-order valence-corrected chi connectivity index (χ1v) is 37.3. The molecule has 606 valence electrons. The molecule has 8 aliphatic heterocycles. The Morgan fingerprint density at radius 1 is 0.393 bits per heavy atom. The Morgan fingerprint density at radius 2 is 0.684 bits per heavy atom. The van der Waals surface area contributed by atoms with Crippen molar-refractivity contribution in [2.75, 3.05) is 48.5 Å². The van der Waals surface area contributed by atoms with E-state index in [-0.39, 0.29) is 149 Å².